The number of aliphatic hydroxyl groups is 1. The molecule has 0 saturated heterocycles. The minimum atomic E-state index is 0.0977. The molecule has 2 rings (SSSR count). The fourth-order valence-corrected chi connectivity index (χ4v) is 2.97. The maximum atomic E-state index is 9.21. The lowest BCUT2D eigenvalue weighted by Crippen LogP contribution is -2.34. The Hall–Kier alpha value is -0.970. The smallest absolute Gasteiger partial charge is 0.141 e. The molecule has 1 aliphatic carbocycles. The van der Waals surface area contributed by atoms with Crippen molar-refractivity contribution in [3.63, 3.8) is 0 Å². The first kappa shape index (κ1) is 16.4. The summed E-state index contributed by atoms with van der Waals surface area (Å²) < 4.78 is 10.7. The Morgan fingerprint density at radius 3 is 2.48 bits per heavy atom. The maximum absolute atomic E-state index is 9.21. The van der Waals surface area contributed by atoms with Gasteiger partial charge in [0, 0.05) is 30.3 Å². The molecule has 2 unspecified atom stereocenters. The van der Waals surface area contributed by atoms with Crippen molar-refractivity contribution in [2.45, 2.75) is 38.3 Å². The van der Waals surface area contributed by atoms with Crippen molar-refractivity contribution in [1.29, 1.82) is 0 Å². The van der Waals surface area contributed by atoms with Gasteiger partial charge >= 0.3 is 0 Å². The molecule has 0 amide bonds. The fourth-order valence-electron chi connectivity index (χ4n) is 2.73. The number of rotatable bonds is 8. The molecule has 0 spiro atoms. The van der Waals surface area contributed by atoms with Gasteiger partial charge in [0.15, 0.2) is 0 Å². The van der Waals surface area contributed by atoms with E-state index < -0.39 is 0 Å². The van der Waals surface area contributed by atoms with E-state index in [2.05, 4.69) is 12.2 Å². The summed E-state index contributed by atoms with van der Waals surface area (Å²) in [4.78, 5) is 0. The third kappa shape index (κ3) is 4.02. The monoisotopic (exact) mass is 313 g/mol. The Morgan fingerprint density at radius 1 is 1.29 bits per heavy atom. The van der Waals surface area contributed by atoms with Crippen LogP contribution in [0.15, 0.2) is 12.1 Å². The zero-order valence-corrected chi connectivity index (χ0v) is 13.6. The zero-order chi connectivity index (χ0) is 15.4. The topological polar surface area (TPSA) is 50.7 Å². The minimum Gasteiger partial charge on any atom is -0.496 e. The highest BCUT2D eigenvalue weighted by atomic mass is 35.5. The SMILES string of the molecule is COc1cc(OC)c(C(C)NC(CCO)C2CC2)cc1Cl. The van der Waals surface area contributed by atoms with E-state index in [0.717, 1.165) is 17.7 Å². The van der Waals surface area contributed by atoms with E-state index >= 15 is 0 Å². The lowest BCUT2D eigenvalue weighted by molar-refractivity contribution is 0.249. The van der Waals surface area contributed by atoms with Crippen molar-refractivity contribution < 1.29 is 14.6 Å². The molecule has 21 heavy (non-hydrogen) atoms. The van der Waals surface area contributed by atoms with Crippen LogP contribution < -0.4 is 14.8 Å². The second kappa shape index (κ2) is 7.34. The standard InChI is InChI=1S/C16H24ClNO3/c1-10(18-14(6-7-19)11-4-5-11)12-8-13(17)16(21-3)9-15(12)20-2/h8-11,14,18-19H,4-7H2,1-3H3. The van der Waals surface area contributed by atoms with E-state index in [1.807, 2.05) is 12.1 Å². The van der Waals surface area contributed by atoms with E-state index in [1.54, 1.807) is 14.2 Å². The van der Waals surface area contributed by atoms with Crippen LogP contribution >= 0.6 is 11.6 Å². The molecule has 2 atom stereocenters. The summed E-state index contributed by atoms with van der Waals surface area (Å²) >= 11 is 6.23. The highest BCUT2D eigenvalue weighted by Gasteiger charge is 2.32. The summed E-state index contributed by atoms with van der Waals surface area (Å²) in [5, 5.41) is 13.4. The van der Waals surface area contributed by atoms with Crippen molar-refractivity contribution in [2.75, 3.05) is 20.8 Å². The summed E-state index contributed by atoms with van der Waals surface area (Å²) in [6.07, 6.45) is 3.26. The average Bonchev–Trinajstić information content (AvgIpc) is 3.31. The normalized spacial score (nSPS) is 17.4. The Morgan fingerprint density at radius 2 is 1.95 bits per heavy atom. The van der Waals surface area contributed by atoms with Crippen molar-refractivity contribution in [2.24, 2.45) is 5.92 Å². The third-order valence-electron chi connectivity index (χ3n) is 4.07. The van der Waals surface area contributed by atoms with Crippen LogP contribution in [0.1, 0.15) is 37.8 Å². The van der Waals surface area contributed by atoms with E-state index in [4.69, 9.17) is 21.1 Å². The second-order valence-corrected chi connectivity index (χ2v) is 5.98. The zero-order valence-electron chi connectivity index (χ0n) is 12.9. The van der Waals surface area contributed by atoms with Gasteiger partial charge < -0.3 is 19.9 Å². The molecule has 1 fully saturated rings. The maximum Gasteiger partial charge on any atom is 0.141 e. The van der Waals surface area contributed by atoms with Gasteiger partial charge in [-0.05, 0) is 38.2 Å². The third-order valence-corrected chi connectivity index (χ3v) is 4.36. The molecule has 0 aromatic heterocycles. The first-order chi connectivity index (χ1) is 10.1. The van der Waals surface area contributed by atoms with Crippen molar-refractivity contribution in [3.8, 4) is 11.5 Å². The molecule has 1 aliphatic rings. The van der Waals surface area contributed by atoms with Gasteiger partial charge in [-0.25, -0.2) is 0 Å². The number of aliphatic hydroxyl groups excluding tert-OH is 1. The molecule has 1 aromatic rings. The van der Waals surface area contributed by atoms with Crippen molar-refractivity contribution >= 4 is 11.6 Å². The molecule has 4 nitrogen and oxygen atoms in total. The molecule has 5 heteroatoms. The van der Waals surface area contributed by atoms with Crippen LogP contribution in [0.2, 0.25) is 5.02 Å². The van der Waals surface area contributed by atoms with Crippen molar-refractivity contribution in [1.82, 2.24) is 5.32 Å². The molecule has 118 valence electrons. The van der Waals surface area contributed by atoms with Crippen LogP contribution in [-0.4, -0.2) is 32.0 Å². The van der Waals surface area contributed by atoms with E-state index in [9.17, 15) is 5.11 Å². The van der Waals surface area contributed by atoms with E-state index in [-0.39, 0.29) is 12.6 Å². The van der Waals surface area contributed by atoms with Crippen LogP contribution in [-0.2, 0) is 0 Å². The lowest BCUT2D eigenvalue weighted by Gasteiger charge is -2.25. The highest BCUT2D eigenvalue weighted by Crippen LogP contribution is 2.38. The van der Waals surface area contributed by atoms with Gasteiger partial charge in [0.1, 0.15) is 11.5 Å². The number of hydrogen-bond acceptors (Lipinski definition) is 4. The van der Waals surface area contributed by atoms with Crippen LogP contribution in [0.3, 0.4) is 0 Å². The van der Waals surface area contributed by atoms with Crippen LogP contribution in [0.5, 0.6) is 11.5 Å². The quantitative estimate of drug-likeness (QED) is 0.774. The van der Waals surface area contributed by atoms with Crippen LogP contribution in [0.4, 0.5) is 0 Å². The number of ether oxygens (including phenoxy) is 2. The van der Waals surface area contributed by atoms with Gasteiger partial charge in [0.2, 0.25) is 0 Å². The molecule has 0 heterocycles. The number of halogens is 1. The Bertz CT molecular complexity index is 477. The minimum absolute atomic E-state index is 0.0977. The largest absolute Gasteiger partial charge is 0.496 e. The van der Waals surface area contributed by atoms with Crippen molar-refractivity contribution in [3.05, 3.63) is 22.7 Å². The van der Waals surface area contributed by atoms with E-state index in [0.29, 0.717) is 22.7 Å². The van der Waals surface area contributed by atoms with Gasteiger partial charge in [-0.15, -0.1) is 0 Å². The van der Waals surface area contributed by atoms with Gasteiger partial charge in [-0.3, -0.25) is 0 Å². The summed E-state index contributed by atoms with van der Waals surface area (Å²) in [6, 6.07) is 4.14. The Kier molecular flexibility index (Phi) is 5.73. The molecule has 2 N–H and O–H groups in total. The fraction of sp³-hybridized carbons (Fsp3) is 0.625. The summed E-state index contributed by atoms with van der Waals surface area (Å²) in [6.45, 7) is 2.30. The lowest BCUT2D eigenvalue weighted by atomic mass is 10.0. The first-order valence-corrected chi connectivity index (χ1v) is 7.76. The number of methoxy groups -OCH3 is 2. The van der Waals surface area contributed by atoms with Crippen LogP contribution in [0.25, 0.3) is 0 Å². The summed E-state index contributed by atoms with van der Waals surface area (Å²) in [5.74, 6) is 2.05. The van der Waals surface area contributed by atoms with Gasteiger partial charge in [-0.1, -0.05) is 11.6 Å². The number of benzene rings is 1. The molecular formula is C16H24ClNO3. The molecule has 0 bridgehead atoms. The highest BCUT2D eigenvalue weighted by molar-refractivity contribution is 6.32. The van der Waals surface area contributed by atoms with Gasteiger partial charge in [-0.2, -0.15) is 0 Å². The van der Waals surface area contributed by atoms with Gasteiger partial charge in [0.05, 0.1) is 19.2 Å². The second-order valence-electron chi connectivity index (χ2n) is 5.57. The molecule has 1 aromatic carbocycles. The predicted molar refractivity (Wildman–Crippen MR) is 84.3 cm³/mol. The summed E-state index contributed by atoms with van der Waals surface area (Å²) in [5.41, 5.74) is 1.01. The Balaban J connectivity index is 2.17. The number of hydrogen-bond donors (Lipinski definition) is 2. The molecular weight excluding hydrogens is 290 g/mol. The molecule has 0 aliphatic heterocycles. The van der Waals surface area contributed by atoms with E-state index in [1.165, 1.54) is 12.8 Å². The van der Waals surface area contributed by atoms with Gasteiger partial charge in [0.25, 0.3) is 0 Å². The first-order valence-electron chi connectivity index (χ1n) is 7.39. The van der Waals surface area contributed by atoms with Crippen LogP contribution in [0, 0.1) is 5.92 Å². The molecule has 0 radical (unpaired) electrons. The predicted octanol–water partition coefficient (Wildman–Crippen LogP) is 3.17. The molecule has 1 saturated carbocycles. The summed E-state index contributed by atoms with van der Waals surface area (Å²) in [7, 11) is 3.23. The average molecular weight is 314 g/mol. The number of nitrogens with one attached hydrogen (secondary N) is 1. The Labute approximate surface area is 131 Å².